The van der Waals surface area contributed by atoms with E-state index in [1.165, 1.54) is 0 Å². The fourth-order valence-electron chi connectivity index (χ4n) is 3.02. The van der Waals surface area contributed by atoms with Crippen LogP contribution >= 0.6 is 0 Å². The molecular weight excluding hydrogens is 304 g/mol. The minimum absolute atomic E-state index is 0.112. The molecule has 3 aromatic rings. The first-order valence-electron chi connectivity index (χ1n) is 8.48. The van der Waals surface area contributed by atoms with Crippen LogP contribution in [0, 0.1) is 0 Å². The minimum Gasteiger partial charge on any atom is -0.491 e. The molecule has 2 aromatic heterocycles. The number of aromatic nitrogens is 4. The van der Waals surface area contributed by atoms with E-state index in [1.807, 2.05) is 29.1 Å². The van der Waals surface area contributed by atoms with Crippen LogP contribution in [-0.4, -0.2) is 39.3 Å². The van der Waals surface area contributed by atoms with Crippen LogP contribution in [0.5, 0.6) is 5.75 Å². The zero-order valence-corrected chi connectivity index (χ0v) is 14.0. The van der Waals surface area contributed by atoms with Crippen molar-refractivity contribution in [3.63, 3.8) is 0 Å². The Balaban J connectivity index is 1.78. The highest BCUT2D eigenvalue weighted by atomic mass is 16.5. The first-order chi connectivity index (χ1) is 11.7. The average Bonchev–Trinajstić information content (AvgIpc) is 3.19. The van der Waals surface area contributed by atoms with E-state index < -0.39 is 0 Å². The number of H-pyrrole nitrogens is 1. The molecule has 6 nitrogen and oxygen atoms in total. The molecular formula is C18H22N4O2. The van der Waals surface area contributed by atoms with E-state index in [0.29, 0.717) is 12.6 Å². The van der Waals surface area contributed by atoms with Gasteiger partial charge in [-0.2, -0.15) is 10.2 Å². The second-order valence-corrected chi connectivity index (χ2v) is 6.46. The van der Waals surface area contributed by atoms with Crippen molar-refractivity contribution in [2.45, 2.75) is 38.8 Å². The number of hydrogen-bond donors (Lipinski definition) is 1. The lowest BCUT2D eigenvalue weighted by Crippen LogP contribution is -2.15. The van der Waals surface area contributed by atoms with Gasteiger partial charge in [-0.3, -0.25) is 9.78 Å². The summed E-state index contributed by atoms with van der Waals surface area (Å²) in [5.74, 6) is 0.855. The van der Waals surface area contributed by atoms with Gasteiger partial charge in [-0.1, -0.05) is 0 Å². The molecule has 0 saturated carbocycles. The van der Waals surface area contributed by atoms with Crippen LogP contribution < -0.4 is 4.74 Å². The second-order valence-electron chi connectivity index (χ2n) is 6.46. The number of rotatable bonds is 0. The molecule has 126 valence electrons. The molecule has 1 aliphatic heterocycles. The average molecular weight is 326 g/mol. The summed E-state index contributed by atoms with van der Waals surface area (Å²) in [6.07, 6.45) is 5.84. The molecule has 0 unspecified atom stereocenters. The van der Waals surface area contributed by atoms with Crippen molar-refractivity contribution in [3.05, 3.63) is 30.6 Å². The first kappa shape index (κ1) is 15.2. The van der Waals surface area contributed by atoms with Crippen LogP contribution in [0.25, 0.3) is 22.2 Å². The van der Waals surface area contributed by atoms with E-state index in [1.54, 1.807) is 0 Å². The largest absolute Gasteiger partial charge is 0.491 e. The fraction of sp³-hybridized carbons (Fsp3) is 0.444. The van der Waals surface area contributed by atoms with Crippen molar-refractivity contribution in [1.82, 2.24) is 20.0 Å². The number of hydrogen-bond acceptors (Lipinski definition) is 4. The highest BCUT2D eigenvalue weighted by molar-refractivity contribution is 5.93. The topological polar surface area (TPSA) is 65.0 Å². The maximum absolute atomic E-state index is 6.04. The number of ether oxygens (including phenoxy) is 2. The Kier molecular flexibility index (Phi) is 3.98. The van der Waals surface area contributed by atoms with Gasteiger partial charge in [0.25, 0.3) is 0 Å². The normalized spacial score (nSPS) is 22.1. The predicted molar refractivity (Wildman–Crippen MR) is 92.2 cm³/mol. The maximum atomic E-state index is 6.04. The molecule has 24 heavy (non-hydrogen) atoms. The number of nitrogens with one attached hydrogen (secondary N) is 1. The molecule has 0 spiro atoms. The molecule has 3 heterocycles. The summed E-state index contributed by atoms with van der Waals surface area (Å²) in [7, 11) is 0. The van der Waals surface area contributed by atoms with Crippen molar-refractivity contribution in [1.29, 1.82) is 0 Å². The van der Waals surface area contributed by atoms with Gasteiger partial charge in [0.1, 0.15) is 11.4 Å². The van der Waals surface area contributed by atoms with E-state index in [2.05, 4.69) is 35.3 Å². The predicted octanol–water partition coefficient (Wildman–Crippen LogP) is 3.57. The third kappa shape index (κ3) is 2.89. The molecule has 1 N–H and O–H groups in total. The summed E-state index contributed by atoms with van der Waals surface area (Å²) in [5, 5.41) is 13.1. The summed E-state index contributed by atoms with van der Waals surface area (Å²) >= 11 is 0. The van der Waals surface area contributed by atoms with E-state index in [4.69, 9.17) is 9.47 Å². The Labute approximate surface area is 140 Å². The third-order valence-corrected chi connectivity index (χ3v) is 4.55. The zero-order chi connectivity index (χ0) is 16.5. The van der Waals surface area contributed by atoms with Crippen LogP contribution in [0.1, 0.15) is 32.7 Å². The van der Waals surface area contributed by atoms with E-state index in [0.717, 1.165) is 47.4 Å². The molecule has 0 aliphatic carbocycles. The van der Waals surface area contributed by atoms with E-state index >= 15 is 0 Å². The lowest BCUT2D eigenvalue weighted by Gasteiger charge is -2.16. The molecule has 2 atom stereocenters. The Morgan fingerprint density at radius 3 is 3.00 bits per heavy atom. The number of nitrogens with zero attached hydrogens (tertiary/aromatic N) is 3. The molecule has 1 aromatic carbocycles. The molecule has 4 rings (SSSR count). The maximum Gasteiger partial charge on any atom is 0.120 e. The van der Waals surface area contributed by atoms with Crippen molar-refractivity contribution in [2.24, 2.45) is 0 Å². The van der Waals surface area contributed by atoms with E-state index in [9.17, 15) is 0 Å². The quantitative estimate of drug-likeness (QED) is 0.686. The number of benzene rings is 1. The molecule has 1 aliphatic rings. The van der Waals surface area contributed by atoms with Gasteiger partial charge in [0.15, 0.2) is 0 Å². The Hall–Kier alpha value is -2.34. The van der Waals surface area contributed by atoms with Crippen LogP contribution in [-0.2, 0) is 4.74 Å². The van der Waals surface area contributed by atoms with Crippen molar-refractivity contribution >= 4 is 10.9 Å². The van der Waals surface area contributed by atoms with Crippen molar-refractivity contribution < 1.29 is 9.47 Å². The highest BCUT2D eigenvalue weighted by Gasteiger charge is 2.15. The first-order valence-corrected chi connectivity index (χ1v) is 8.48. The van der Waals surface area contributed by atoms with Gasteiger partial charge < -0.3 is 9.47 Å². The van der Waals surface area contributed by atoms with Crippen molar-refractivity contribution in [2.75, 3.05) is 13.2 Å². The summed E-state index contributed by atoms with van der Waals surface area (Å²) in [4.78, 5) is 0. The Morgan fingerprint density at radius 2 is 2.08 bits per heavy atom. The van der Waals surface area contributed by atoms with Crippen LogP contribution in [0.3, 0.4) is 0 Å². The van der Waals surface area contributed by atoms with Crippen LogP contribution in [0.2, 0.25) is 0 Å². The van der Waals surface area contributed by atoms with E-state index in [-0.39, 0.29) is 6.10 Å². The molecule has 0 amide bonds. The fourth-order valence-corrected chi connectivity index (χ4v) is 3.02. The van der Waals surface area contributed by atoms with Gasteiger partial charge in [0.05, 0.1) is 30.5 Å². The summed E-state index contributed by atoms with van der Waals surface area (Å²) in [6.45, 7) is 5.67. The molecule has 0 saturated heterocycles. The van der Waals surface area contributed by atoms with Gasteiger partial charge in [-0.15, -0.1) is 0 Å². The molecule has 0 fully saturated rings. The van der Waals surface area contributed by atoms with Gasteiger partial charge in [-0.05, 0) is 38.5 Å². The lowest BCUT2D eigenvalue weighted by molar-refractivity contribution is 0.0899. The number of aromatic amines is 1. The third-order valence-electron chi connectivity index (χ3n) is 4.55. The Bertz CT molecular complexity index is 839. The minimum atomic E-state index is 0.112. The molecule has 0 radical (unpaired) electrons. The SMILES string of the molecule is C[C@H]1CCOCC[C@H](C)n2cc(cn2)-c2n[nH]c3ccc(cc23)O1. The highest BCUT2D eigenvalue weighted by Crippen LogP contribution is 2.30. The Morgan fingerprint density at radius 1 is 1.21 bits per heavy atom. The second kappa shape index (κ2) is 6.28. The standard InChI is InChI=1S/C18H22N4O2/c1-12-5-7-23-8-6-13(2)24-15-3-4-17-16(9-15)18(21-20-17)14-10-19-22(12)11-14/h3-4,9-13H,5-8H2,1-2H3,(H,20,21)/t12-,13-/m0/s1. The molecule has 4 bridgehead atoms. The summed E-state index contributed by atoms with van der Waals surface area (Å²) < 4.78 is 13.8. The van der Waals surface area contributed by atoms with Crippen molar-refractivity contribution in [3.8, 4) is 17.0 Å². The van der Waals surface area contributed by atoms with Gasteiger partial charge in [0.2, 0.25) is 0 Å². The lowest BCUT2D eigenvalue weighted by atomic mass is 10.1. The van der Waals surface area contributed by atoms with Gasteiger partial charge in [-0.25, -0.2) is 0 Å². The number of fused-ring (bicyclic) bond motifs is 4. The smallest absolute Gasteiger partial charge is 0.120 e. The van der Waals surface area contributed by atoms with Gasteiger partial charge in [0, 0.05) is 30.2 Å². The van der Waals surface area contributed by atoms with Crippen LogP contribution in [0.15, 0.2) is 30.6 Å². The summed E-state index contributed by atoms with van der Waals surface area (Å²) in [6, 6.07) is 6.32. The van der Waals surface area contributed by atoms with Gasteiger partial charge >= 0.3 is 0 Å². The monoisotopic (exact) mass is 326 g/mol. The summed E-state index contributed by atoms with van der Waals surface area (Å²) in [5.41, 5.74) is 2.92. The molecule has 6 heteroatoms. The zero-order valence-electron chi connectivity index (χ0n) is 14.0. The van der Waals surface area contributed by atoms with Crippen LogP contribution in [0.4, 0.5) is 0 Å².